The molecule has 0 bridgehead atoms. The van der Waals surface area contributed by atoms with E-state index >= 15 is 0 Å². The van der Waals surface area contributed by atoms with E-state index in [2.05, 4.69) is 15.4 Å². The van der Waals surface area contributed by atoms with Gasteiger partial charge in [0.1, 0.15) is 37.4 Å². The van der Waals surface area contributed by atoms with E-state index in [0.717, 1.165) is 16.9 Å². The zero-order chi connectivity index (χ0) is 22.0. The molecule has 4 aromatic rings. The second-order valence-electron chi connectivity index (χ2n) is 7.05. The first-order chi connectivity index (χ1) is 15.8. The molecule has 7 nitrogen and oxygen atoms in total. The third-order valence-electron chi connectivity index (χ3n) is 4.84. The van der Waals surface area contributed by atoms with Crippen LogP contribution in [0.5, 0.6) is 11.5 Å². The Morgan fingerprint density at radius 1 is 0.844 bits per heavy atom. The number of aromatic nitrogens is 3. The number of para-hydroxylation sites is 2. The lowest BCUT2D eigenvalue weighted by molar-refractivity contribution is 0.0945. The van der Waals surface area contributed by atoms with E-state index in [1.54, 1.807) is 23.1 Å². The fourth-order valence-electron chi connectivity index (χ4n) is 3.25. The van der Waals surface area contributed by atoms with Crippen LogP contribution in [0.1, 0.15) is 21.5 Å². The first kappa shape index (κ1) is 21.1. The Balaban J connectivity index is 1.34. The lowest BCUT2D eigenvalue weighted by atomic mass is 10.1. The lowest BCUT2D eigenvalue weighted by Crippen LogP contribution is -2.24. The molecule has 0 spiro atoms. The number of hydrogen-bond acceptors (Lipinski definition) is 5. The summed E-state index contributed by atoms with van der Waals surface area (Å²) in [5.41, 5.74) is 2.58. The predicted molar refractivity (Wildman–Crippen MR) is 121 cm³/mol. The second kappa shape index (κ2) is 10.8. The van der Waals surface area contributed by atoms with Crippen molar-refractivity contribution in [2.24, 2.45) is 0 Å². The summed E-state index contributed by atoms with van der Waals surface area (Å²) in [6, 6.07) is 24.7. The summed E-state index contributed by atoms with van der Waals surface area (Å²) in [4.78, 5) is 16.9. The molecule has 0 saturated heterocycles. The van der Waals surface area contributed by atoms with Crippen molar-refractivity contribution in [1.82, 2.24) is 20.1 Å². The smallest absolute Gasteiger partial charge is 0.255 e. The standard InChI is InChI=1S/C25H24N4O3/c30-25(27-16-20-8-4-5-9-21(20)17-29-19-26-18-28-29)23-12-6-7-13-24(23)32-15-14-31-22-10-2-1-3-11-22/h1-13,18-19H,14-17H2,(H,27,30). The minimum atomic E-state index is -0.194. The summed E-state index contributed by atoms with van der Waals surface area (Å²) in [6.45, 7) is 1.71. The molecule has 1 heterocycles. The Bertz CT molecular complexity index is 1130. The van der Waals surface area contributed by atoms with E-state index in [9.17, 15) is 4.79 Å². The van der Waals surface area contributed by atoms with Crippen LogP contribution < -0.4 is 14.8 Å². The van der Waals surface area contributed by atoms with Crippen LogP contribution in [0.2, 0.25) is 0 Å². The molecule has 162 valence electrons. The van der Waals surface area contributed by atoms with Crippen LogP contribution >= 0.6 is 0 Å². The average Bonchev–Trinajstić information content (AvgIpc) is 3.35. The highest BCUT2D eigenvalue weighted by atomic mass is 16.5. The van der Waals surface area contributed by atoms with E-state index < -0.39 is 0 Å². The van der Waals surface area contributed by atoms with Gasteiger partial charge in [0.15, 0.2) is 0 Å². The highest BCUT2D eigenvalue weighted by Gasteiger charge is 2.13. The van der Waals surface area contributed by atoms with Crippen LogP contribution in [0.4, 0.5) is 0 Å². The van der Waals surface area contributed by atoms with Crippen LogP contribution in [0.25, 0.3) is 0 Å². The molecule has 1 aromatic heterocycles. The van der Waals surface area contributed by atoms with E-state index in [-0.39, 0.29) is 5.91 Å². The molecule has 4 rings (SSSR count). The fraction of sp³-hybridized carbons (Fsp3) is 0.160. The molecule has 1 amide bonds. The molecule has 0 saturated carbocycles. The van der Waals surface area contributed by atoms with Gasteiger partial charge in [-0.3, -0.25) is 4.79 Å². The Morgan fingerprint density at radius 3 is 2.38 bits per heavy atom. The van der Waals surface area contributed by atoms with E-state index in [4.69, 9.17) is 9.47 Å². The van der Waals surface area contributed by atoms with E-state index in [1.165, 1.54) is 6.33 Å². The highest BCUT2D eigenvalue weighted by molar-refractivity contribution is 5.96. The molecule has 3 aromatic carbocycles. The van der Waals surface area contributed by atoms with Crippen molar-refractivity contribution in [2.45, 2.75) is 13.1 Å². The van der Waals surface area contributed by atoms with Gasteiger partial charge in [-0.15, -0.1) is 0 Å². The molecular weight excluding hydrogens is 404 g/mol. The van der Waals surface area contributed by atoms with Gasteiger partial charge in [0, 0.05) is 6.54 Å². The lowest BCUT2D eigenvalue weighted by Gasteiger charge is -2.14. The summed E-state index contributed by atoms with van der Waals surface area (Å²) < 4.78 is 13.2. The fourth-order valence-corrected chi connectivity index (χ4v) is 3.25. The normalized spacial score (nSPS) is 10.5. The topological polar surface area (TPSA) is 78.3 Å². The maximum Gasteiger partial charge on any atom is 0.255 e. The third-order valence-corrected chi connectivity index (χ3v) is 4.84. The highest BCUT2D eigenvalue weighted by Crippen LogP contribution is 2.19. The first-order valence-corrected chi connectivity index (χ1v) is 10.4. The van der Waals surface area contributed by atoms with Crippen molar-refractivity contribution in [2.75, 3.05) is 13.2 Å². The van der Waals surface area contributed by atoms with Crippen molar-refractivity contribution >= 4 is 5.91 Å². The Hall–Kier alpha value is -4.13. The number of rotatable bonds is 10. The Labute approximate surface area is 186 Å². The van der Waals surface area contributed by atoms with Gasteiger partial charge in [0.25, 0.3) is 5.91 Å². The number of amides is 1. The Morgan fingerprint density at radius 2 is 1.56 bits per heavy atom. The third kappa shape index (κ3) is 5.72. The Kier molecular flexibility index (Phi) is 7.10. The minimum absolute atomic E-state index is 0.194. The number of ether oxygens (including phenoxy) is 2. The molecule has 0 fully saturated rings. The van der Waals surface area contributed by atoms with E-state index in [0.29, 0.717) is 37.6 Å². The maximum absolute atomic E-state index is 12.9. The summed E-state index contributed by atoms with van der Waals surface area (Å²) in [7, 11) is 0. The molecule has 0 radical (unpaired) electrons. The van der Waals surface area contributed by atoms with Crippen molar-refractivity contribution in [1.29, 1.82) is 0 Å². The SMILES string of the molecule is O=C(NCc1ccccc1Cn1cncn1)c1ccccc1OCCOc1ccccc1. The zero-order valence-corrected chi connectivity index (χ0v) is 17.6. The number of hydrogen-bond donors (Lipinski definition) is 1. The number of benzene rings is 3. The molecule has 0 aliphatic carbocycles. The van der Waals surface area contributed by atoms with Crippen molar-refractivity contribution in [3.8, 4) is 11.5 Å². The van der Waals surface area contributed by atoms with Crippen molar-refractivity contribution < 1.29 is 14.3 Å². The monoisotopic (exact) mass is 428 g/mol. The zero-order valence-electron chi connectivity index (χ0n) is 17.6. The molecule has 32 heavy (non-hydrogen) atoms. The van der Waals surface area contributed by atoms with Crippen LogP contribution in [0.15, 0.2) is 91.5 Å². The van der Waals surface area contributed by atoms with Gasteiger partial charge in [-0.25, -0.2) is 9.67 Å². The second-order valence-corrected chi connectivity index (χ2v) is 7.05. The number of nitrogens with zero attached hydrogens (tertiary/aromatic N) is 3. The molecule has 7 heteroatoms. The largest absolute Gasteiger partial charge is 0.490 e. The van der Waals surface area contributed by atoms with Crippen LogP contribution in [0, 0.1) is 0 Å². The van der Waals surface area contributed by atoms with Gasteiger partial charge in [-0.05, 0) is 35.4 Å². The van der Waals surface area contributed by atoms with E-state index in [1.807, 2.05) is 66.7 Å². The van der Waals surface area contributed by atoms with Crippen LogP contribution in [-0.2, 0) is 13.1 Å². The quantitative estimate of drug-likeness (QED) is 0.390. The summed E-state index contributed by atoms with van der Waals surface area (Å²) in [6.07, 6.45) is 3.18. The van der Waals surface area contributed by atoms with Gasteiger partial charge in [0.2, 0.25) is 0 Å². The van der Waals surface area contributed by atoms with Gasteiger partial charge >= 0.3 is 0 Å². The van der Waals surface area contributed by atoms with Gasteiger partial charge in [-0.2, -0.15) is 5.10 Å². The molecular formula is C25H24N4O3. The average molecular weight is 428 g/mol. The molecule has 0 aliphatic heterocycles. The van der Waals surface area contributed by atoms with Crippen LogP contribution in [-0.4, -0.2) is 33.9 Å². The molecule has 0 unspecified atom stereocenters. The van der Waals surface area contributed by atoms with Gasteiger partial charge < -0.3 is 14.8 Å². The number of carbonyl (C=O) groups excluding carboxylic acids is 1. The number of carbonyl (C=O) groups is 1. The molecule has 1 N–H and O–H groups in total. The van der Waals surface area contributed by atoms with Crippen LogP contribution in [0.3, 0.4) is 0 Å². The molecule has 0 atom stereocenters. The number of nitrogens with one attached hydrogen (secondary N) is 1. The predicted octanol–water partition coefficient (Wildman–Crippen LogP) is 3.71. The van der Waals surface area contributed by atoms with Crippen molar-refractivity contribution in [3.05, 3.63) is 108 Å². The van der Waals surface area contributed by atoms with Gasteiger partial charge in [0.05, 0.1) is 12.1 Å². The maximum atomic E-state index is 12.9. The summed E-state index contributed by atoms with van der Waals surface area (Å²) >= 11 is 0. The first-order valence-electron chi connectivity index (χ1n) is 10.4. The molecule has 0 aliphatic rings. The summed E-state index contributed by atoms with van der Waals surface area (Å²) in [5, 5.41) is 7.15. The summed E-state index contributed by atoms with van der Waals surface area (Å²) in [5.74, 6) is 1.12. The van der Waals surface area contributed by atoms with Gasteiger partial charge in [-0.1, -0.05) is 54.6 Å². The minimum Gasteiger partial charge on any atom is -0.490 e. The van der Waals surface area contributed by atoms with Crippen molar-refractivity contribution in [3.63, 3.8) is 0 Å².